The van der Waals surface area contributed by atoms with E-state index in [2.05, 4.69) is 4.98 Å². The number of fused-ring (bicyclic) bond motifs is 1. The van der Waals surface area contributed by atoms with Crippen LogP contribution in [0.1, 0.15) is 0 Å². The molecule has 1 heterocycles. The summed E-state index contributed by atoms with van der Waals surface area (Å²) in [6.07, 6.45) is 0. The average molecular weight is 180 g/mol. The molecule has 1 N–H and O–H groups in total. The molecule has 0 aliphatic rings. The zero-order valence-electron chi connectivity index (χ0n) is 6.45. The van der Waals surface area contributed by atoms with Crippen molar-refractivity contribution in [1.29, 1.82) is 0 Å². The third kappa shape index (κ3) is 1.24. The third-order valence-corrected chi connectivity index (χ3v) is 1.78. The molecule has 0 spiro atoms. The quantitative estimate of drug-likeness (QED) is 0.540. The van der Waals surface area contributed by atoms with E-state index in [0.29, 0.717) is 10.9 Å². The van der Waals surface area contributed by atoms with Crippen molar-refractivity contribution in [1.82, 2.24) is 4.98 Å². The largest absolute Gasteiger partial charge is 0.331 e. The van der Waals surface area contributed by atoms with Crippen molar-refractivity contribution in [2.75, 3.05) is 0 Å². The summed E-state index contributed by atoms with van der Waals surface area (Å²) in [7, 11) is 0. The molecule has 2 aromatic rings. The fourth-order valence-electron chi connectivity index (χ4n) is 1.20. The number of nitrogens with zero attached hydrogens (tertiary/aromatic N) is 1. The van der Waals surface area contributed by atoms with Crippen LogP contribution in [0.25, 0.3) is 10.9 Å². The van der Waals surface area contributed by atoms with Gasteiger partial charge in [0.1, 0.15) is 0 Å². The van der Waals surface area contributed by atoms with Gasteiger partial charge in [0.05, 0.1) is 4.92 Å². The van der Waals surface area contributed by atoms with E-state index in [0.717, 1.165) is 0 Å². The van der Waals surface area contributed by atoms with Gasteiger partial charge in [-0.25, -0.2) is 0 Å². The third-order valence-electron chi connectivity index (χ3n) is 1.78. The van der Waals surface area contributed by atoms with Crippen LogP contribution in [0.2, 0.25) is 0 Å². The Labute approximate surface area is 72.1 Å². The van der Waals surface area contributed by atoms with Gasteiger partial charge in [-0.05, 0) is 6.07 Å². The Morgan fingerprint density at radius 1 is 1.38 bits per heavy atom. The Morgan fingerprint density at radius 2 is 2.15 bits per heavy atom. The van der Waals surface area contributed by atoms with E-state index >= 15 is 0 Å². The molecule has 0 bridgehead atoms. The van der Waals surface area contributed by atoms with Crippen molar-refractivity contribution >= 4 is 16.6 Å². The Bertz CT molecular complexity index is 478. The molecule has 2 rings (SSSR count). The number of nitrogens with one attached hydrogen (secondary N) is 1. The van der Waals surface area contributed by atoms with Gasteiger partial charge in [-0.3, -0.25) is 10.1 Å². The van der Waals surface area contributed by atoms with Gasteiger partial charge in [0.25, 0.3) is 5.69 Å². The van der Waals surface area contributed by atoms with Gasteiger partial charge >= 0.3 is 0 Å². The fraction of sp³-hybridized carbons (Fsp3) is 0. The molecular weight excluding hydrogens is 175 g/mol. The molecule has 4 nitrogen and oxygen atoms in total. The number of aromatic nitrogens is 1. The van der Waals surface area contributed by atoms with Crippen LogP contribution in [-0.2, 0) is 0 Å². The highest BCUT2D eigenvalue weighted by atomic mass is 19.1. The summed E-state index contributed by atoms with van der Waals surface area (Å²) in [5.74, 6) is -0.490. The van der Waals surface area contributed by atoms with Crippen molar-refractivity contribution in [3.63, 3.8) is 0 Å². The molecule has 1 aromatic heterocycles. The first-order valence-electron chi connectivity index (χ1n) is 3.59. The van der Waals surface area contributed by atoms with E-state index < -0.39 is 10.9 Å². The smallest absolute Gasteiger partial charge is 0.270 e. The molecule has 0 radical (unpaired) electrons. The van der Waals surface area contributed by atoms with Gasteiger partial charge < -0.3 is 4.98 Å². The average Bonchev–Trinajstić information content (AvgIpc) is 2.42. The van der Waals surface area contributed by atoms with E-state index in [-0.39, 0.29) is 5.69 Å². The molecule has 1 aromatic carbocycles. The molecule has 0 unspecified atom stereocenters. The Kier molecular flexibility index (Phi) is 1.51. The van der Waals surface area contributed by atoms with Gasteiger partial charge in [-0.1, -0.05) is 0 Å². The van der Waals surface area contributed by atoms with Gasteiger partial charge in [0, 0.05) is 29.1 Å². The number of non-ortho nitro benzene ring substituents is 1. The number of rotatable bonds is 1. The van der Waals surface area contributed by atoms with Crippen LogP contribution >= 0.6 is 0 Å². The van der Waals surface area contributed by atoms with E-state index in [1.165, 1.54) is 24.3 Å². The minimum Gasteiger partial charge on any atom is -0.331 e. The van der Waals surface area contributed by atoms with Gasteiger partial charge in [0.2, 0.25) is 0 Å². The maximum atomic E-state index is 12.6. The van der Waals surface area contributed by atoms with Crippen LogP contribution in [0.15, 0.2) is 24.3 Å². The van der Waals surface area contributed by atoms with Crippen LogP contribution in [-0.4, -0.2) is 9.91 Å². The lowest BCUT2D eigenvalue weighted by Gasteiger charge is -1.90. The SMILES string of the molecule is O=[N+]([O-])c1ccc2[nH]c(F)cc2c1. The first-order valence-corrected chi connectivity index (χ1v) is 3.59. The summed E-state index contributed by atoms with van der Waals surface area (Å²) in [6, 6.07) is 5.37. The number of hydrogen-bond acceptors (Lipinski definition) is 2. The molecule has 0 fully saturated rings. The van der Waals surface area contributed by atoms with Crippen molar-refractivity contribution in [3.8, 4) is 0 Å². The van der Waals surface area contributed by atoms with Crippen LogP contribution in [0.4, 0.5) is 10.1 Å². The zero-order chi connectivity index (χ0) is 9.42. The second-order valence-corrected chi connectivity index (χ2v) is 2.65. The van der Waals surface area contributed by atoms with Gasteiger partial charge in [-0.2, -0.15) is 4.39 Å². The van der Waals surface area contributed by atoms with Crippen LogP contribution in [0.5, 0.6) is 0 Å². The number of benzene rings is 1. The maximum absolute atomic E-state index is 12.6. The van der Waals surface area contributed by atoms with Crippen molar-refractivity contribution in [2.45, 2.75) is 0 Å². The number of halogens is 1. The molecule has 66 valence electrons. The standard InChI is InChI=1S/C8H5FN2O2/c9-8-4-5-3-6(11(12)13)1-2-7(5)10-8/h1-4,10H. The molecule has 0 saturated heterocycles. The maximum Gasteiger partial charge on any atom is 0.270 e. The number of nitro benzene ring substituents is 1. The zero-order valence-corrected chi connectivity index (χ0v) is 6.45. The predicted molar refractivity (Wildman–Crippen MR) is 44.9 cm³/mol. The molecule has 0 saturated carbocycles. The van der Waals surface area contributed by atoms with E-state index in [9.17, 15) is 14.5 Å². The number of aromatic amines is 1. The fourth-order valence-corrected chi connectivity index (χ4v) is 1.20. The van der Waals surface area contributed by atoms with Crippen LogP contribution < -0.4 is 0 Å². The number of hydrogen-bond donors (Lipinski definition) is 1. The molecule has 0 aliphatic carbocycles. The highest BCUT2D eigenvalue weighted by Crippen LogP contribution is 2.20. The van der Waals surface area contributed by atoms with Crippen molar-refractivity contribution < 1.29 is 9.31 Å². The highest BCUT2D eigenvalue weighted by molar-refractivity contribution is 5.81. The minimum atomic E-state index is -0.510. The lowest BCUT2D eigenvalue weighted by atomic mass is 10.2. The number of H-pyrrole nitrogens is 1. The van der Waals surface area contributed by atoms with Crippen LogP contribution in [0.3, 0.4) is 0 Å². The Hall–Kier alpha value is -1.91. The topological polar surface area (TPSA) is 58.9 Å². The molecule has 0 amide bonds. The van der Waals surface area contributed by atoms with Gasteiger partial charge in [-0.15, -0.1) is 0 Å². The predicted octanol–water partition coefficient (Wildman–Crippen LogP) is 2.22. The summed E-state index contributed by atoms with van der Waals surface area (Å²) < 4.78 is 12.6. The molecule has 0 atom stereocenters. The first kappa shape index (κ1) is 7.72. The van der Waals surface area contributed by atoms with E-state index in [4.69, 9.17) is 0 Å². The first-order chi connectivity index (χ1) is 6.16. The van der Waals surface area contributed by atoms with E-state index in [1.54, 1.807) is 0 Å². The summed E-state index contributed by atoms with van der Waals surface area (Å²) in [6.45, 7) is 0. The summed E-state index contributed by atoms with van der Waals surface area (Å²) >= 11 is 0. The molecule has 13 heavy (non-hydrogen) atoms. The lowest BCUT2D eigenvalue weighted by Crippen LogP contribution is -1.86. The summed E-state index contributed by atoms with van der Waals surface area (Å²) in [4.78, 5) is 12.3. The van der Waals surface area contributed by atoms with E-state index in [1.807, 2.05) is 0 Å². The normalized spacial score (nSPS) is 10.5. The molecular formula is C8H5FN2O2. The monoisotopic (exact) mass is 180 g/mol. The lowest BCUT2D eigenvalue weighted by molar-refractivity contribution is -0.384. The van der Waals surface area contributed by atoms with Crippen LogP contribution in [0, 0.1) is 16.1 Å². The van der Waals surface area contributed by atoms with Crippen molar-refractivity contribution in [2.24, 2.45) is 0 Å². The second-order valence-electron chi connectivity index (χ2n) is 2.65. The summed E-state index contributed by atoms with van der Waals surface area (Å²) in [5.41, 5.74) is 0.523. The molecule has 5 heteroatoms. The minimum absolute atomic E-state index is 0.0356. The Balaban J connectivity index is 2.67. The highest BCUT2D eigenvalue weighted by Gasteiger charge is 2.07. The second kappa shape index (κ2) is 2.55. The van der Waals surface area contributed by atoms with Gasteiger partial charge in [0.15, 0.2) is 5.95 Å². The Morgan fingerprint density at radius 3 is 2.85 bits per heavy atom. The number of nitro groups is 1. The molecule has 0 aliphatic heterocycles. The van der Waals surface area contributed by atoms with Crippen molar-refractivity contribution in [3.05, 3.63) is 40.3 Å². The summed E-state index contributed by atoms with van der Waals surface area (Å²) in [5, 5.41) is 10.9.